The van der Waals surface area contributed by atoms with Gasteiger partial charge in [0.05, 0.1) is 6.04 Å². The highest BCUT2D eigenvalue weighted by Crippen LogP contribution is 2.20. The van der Waals surface area contributed by atoms with Gasteiger partial charge in [0.25, 0.3) is 0 Å². The standard InChI is InChI=1S/C20H27N5O2/c1-5-13(2)23-19(26)15(4)25-20(27)24-14(3)16-6-8-17(9-7-16)18-10-21-12-22-11-18/h6-15H,5H2,1-4H3,(H,23,26)(H2,24,25,27). The lowest BCUT2D eigenvalue weighted by Gasteiger charge is -2.20. The molecule has 0 aliphatic heterocycles. The molecule has 0 aliphatic rings. The Bertz CT molecular complexity index is 749. The van der Waals surface area contributed by atoms with Crippen molar-refractivity contribution >= 4 is 11.9 Å². The van der Waals surface area contributed by atoms with Crippen LogP contribution in [-0.2, 0) is 4.79 Å². The molecule has 7 heteroatoms. The first kappa shape index (κ1) is 20.4. The molecule has 3 N–H and O–H groups in total. The zero-order valence-corrected chi connectivity index (χ0v) is 16.2. The maximum Gasteiger partial charge on any atom is 0.315 e. The van der Waals surface area contributed by atoms with E-state index in [2.05, 4.69) is 25.9 Å². The second kappa shape index (κ2) is 9.66. The van der Waals surface area contributed by atoms with Gasteiger partial charge in [-0.25, -0.2) is 14.8 Å². The highest BCUT2D eigenvalue weighted by molar-refractivity contribution is 5.86. The topological polar surface area (TPSA) is 96.0 Å². The van der Waals surface area contributed by atoms with Crippen molar-refractivity contribution in [2.45, 2.75) is 52.2 Å². The lowest BCUT2D eigenvalue weighted by Crippen LogP contribution is -2.50. The monoisotopic (exact) mass is 369 g/mol. The van der Waals surface area contributed by atoms with Gasteiger partial charge < -0.3 is 16.0 Å². The highest BCUT2D eigenvalue weighted by Gasteiger charge is 2.18. The molecule has 144 valence electrons. The van der Waals surface area contributed by atoms with Crippen molar-refractivity contribution in [1.29, 1.82) is 0 Å². The van der Waals surface area contributed by atoms with Crippen LogP contribution in [0.3, 0.4) is 0 Å². The molecule has 0 saturated heterocycles. The third-order valence-electron chi connectivity index (χ3n) is 4.39. The number of urea groups is 1. The molecule has 2 rings (SSSR count). The number of rotatable bonds is 7. The number of benzene rings is 1. The smallest absolute Gasteiger partial charge is 0.315 e. The van der Waals surface area contributed by atoms with Crippen molar-refractivity contribution in [3.63, 3.8) is 0 Å². The molecule has 0 aliphatic carbocycles. The average Bonchev–Trinajstić information content (AvgIpc) is 2.68. The van der Waals surface area contributed by atoms with Crippen LogP contribution in [0.1, 0.15) is 45.7 Å². The van der Waals surface area contributed by atoms with Crippen LogP contribution in [0.4, 0.5) is 4.79 Å². The van der Waals surface area contributed by atoms with Crippen molar-refractivity contribution in [1.82, 2.24) is 25.9 Å². The second-order valence-corrected chi connectivity index (χ2v) is 6.63. The lowest BCUT2D eigenvalue weighted by atomic mass is 10.0. The Kier molecular flexibility index (Phi) is 7.28. The molecule has 3 amide bonds. The van der Waals surface area contributed by atoms with Crippen molar-refractivity contribution in [2.24, 2.45) is 0 Å². The van der Waals surface area contributed by atoms with Crippen molar-refractivity contribution in [3.05, 3.63) is 48.5 Å². The number of amides is 3. The molecule has 3 atom stereocenters. The van der Waals surface area contributed by atoms with E-state index in [1.54, 1.807) is 19.3 Å². The van der Waals surface area contributed by atoms with Gasteiger partial charge in [-0.05, 0) is 38.3 Å². The number of aromatic nitrogens is 2. The fraction of sp³-hybridized carbons (Fsp3) is 0.400. The highest BCUT2D eigenvalue weighted by atomic mass is 16.2. The van der Waals surface area contributed by atoms with Crippen LogP contribution in [0.25, 0.3) is 11.1 Å². The fourth-order valence-corrected chi connectivity index (χ4v) is 2.47. The Morgan fingerprint density at radius 2 is 1.56 bits per heavy atom. The zero-order valence-electron chi connectivity index (χ0n) is 16.2. The summed E-state index contributed by atoms with van der Waals surface area (Å²) in [4.78, 5) is 32.2. The normalized spacial score (nSPS) is 13.9. The van der Waals surface area contributed by atoms with E-state index in [4.69, 9.17) is 0 Å². The van der Waals surface area contributed by atoms with Crippen LogP contribution < -0.4 is 16.0 Å². The van der Waals surface area contributed by atoms with Crippen molar-refractivity contribution in [3.8, 4) is 11.1 Å². The van der Waals surface area contributed by atoms with Gasteiger partial charge in [0.15, 0.2) is 0 Å². The van der Waals surface area contributed by atoms with Crippen LogP contribution in [-0.4, -0.2) is 34.0 Å². The van der Waals surface area contributed by atoms with E-state index in [1.165, 1.54) is 6.33 Å². The van der Waals surface area contributed by atoms with E-state index in [9.17, 15) is 9.59 Å². The van der Waals surface area contributed by atoms with E-state index < -0.39 is 6.04 Å². The van der Waals surface area contributed by atoms with Gasteiger partial charge in [0, 0.05) is 24.0 Å². The van der Waals surface area contributed by atoms with Gasteiger partial charge >= 0.3 is 6.03 Å². The number of carbonyl (C=O) groups excluding carboxylic acids is 2. The van der Waals surface area contributed by atoms with Crippen molar-refractivity contribution < 1.29 is 9.59 Å². The molecule has 1 aromatic carbocycles. The average molecular weight is 369 g/mol. The molecule has 1 aromatic heterocycles. The minimum Gasteiger partial charge on any atom is -0.352 e. The van der Waals surface area contributed by atoms with Crippen LogP contribution in [0.15, 0.2) is 43.0 Å². The molecular weight excluding hydrogens is 342 g/mol. The van der Waals surface area contributed by atoms with Crippen LogP contribution in [0.2, 0.25) is 0 Å². The summed E-state index contributed by atoms with van der Waals surface area (Å²) >= 11 is 0. The Labute approximate surface area is 160 Å². The first-order valence-electron chi connectivity index (χ1n) is 9.13. The predicted octanol–water partition coefficient (Wildman–Crippen LogP) is 2.81. The Morgan fingerprint density at radius 1 is 0.926 bits per heavy atom. The number of hydrogen-bond donors (Lipinski definition) is 3. The summed E-state index contributed by atoms with van der Waals surface area (Å²) < 4.78 is 0. The van der Waals surface area contributed by atoms with Gasteiger partial charge in [0.2, 0.25) is 5.91 Å². The summed E-state index contributed by atoms with van der Waals surface area (Å²) in [5.74, 6) is -0.193. The van der Waals surface area contributed by atoms with E-state index >= 15 is 0 Å². The third-order valence-corrected chi connectivity index (χ3v) is 4.39. The Morgan fingerprint density at radius 3 is 2.15 bits per heavy atom. The van der Waals surface area contributed by atoms with E-state index in [-0.39, 0.29) is 24.0 Å². The molecule has 0 saturated carbocycles. The molecule has 1 heterocycles. The number of hydrogen-bond acceptors (Lipinski definition) is 4. The molecule has 7 nitrogen and oxygen atoms in total. The van der Waals surface area contributed by atoms with E-state index in [0.717, 1.165) is 23.1 Å². The first-order valence-corrected chi connectivity index (χ1v) is 9.13. The molecule has 0 spiro atoms. The lowest BCUT2D eigenvalue weighted by molar-refractivity contribution is -0.123. The third kappa shape index (κ3) is 6.06. The summed E-state index contributed by atoms with van der Waals surface area (Å²) in [7, 11) is 0. The molecule has 0 bridgehead atoms. The molecular formula is C20H27N5O2. The number of nitrogens with zero attached hydrogens (tertiary/aromatic N) is 2. The maximum absolute atomic E-state index is 12.2. The summed E-state index contributed by atoms with van der Waals surface area (Å²) in [6, 6.07) is 6.73. The van der Waals surface area contributed by atoms with Crippen LogP contribution in [0, 0.1) is 0 Å². The fourth-order valence-electron chi connectivity index (χ4n) is 2.47. The largest absolute Gasteiger partial charge is 0.352 e. The van der Waals surface area contributed by atoms with Crippen LogP contribution in [0.5, 0.6) is 0 Å². The number of carbonyl (C=O) groups is 2. The first-order chi connectivity index (χ1) is 12.9. The second-order valence-electron chi connectivity index (χ2n) is 6.63. The van der Waals surface area contributed by atoms with Gasteiger partial charge in [-0.15, -0.1) is 0 Å². The van der Waals surface area contributed by atoms with Crippen LogP contribution >= 0.6 is 0 Å². The van der Waals surface area contributed by atoms with Gasteiger partial charge in [-0.3, -0.25) is 4.79 Å². The minimum atomic E-state index is -0.605. The summed E-state index contributed by atoms with van der Waals surface area (Å²) in [5.41, 5.74) is 2.90. The van der Waals surface area contributed by atoms with Gasteiger partial charge in [-0.2, -0.15) is 0 Å². The summed E-state index contributed by atoms with van der Waals surface area (Å²) in [6.07, 6.45) is 5.84. The zero-order chi connectivity index (χ0) is 19.8. The minimum absolute atomic E-state index is 0.0808. The Balaban J connectivity index is 1.89. The van der Waals surface area contributed by atoms with Crippen molar-refractivity contribution in [2.75, 3.05) is 0 Å². The van der Waals surface area contributed by atoms with E-state index in [1.807, 2.05) is 45.0 Å². The predicted molar refractivity (Wildman–Crippen MR) is 105 cm³/mol. The molecule has 0 radical (unpaired) electrons. The molecule has 2 aromatic rings. The summed E-state index contributed by atoms with van der Waals surface area (Å²) in [6.45, 7) is 7.48. The number of nitrogens with one attached hydrogen (secondary N) is 3. The Hall–Kier alpha value is -2.96. The van der Waals surface area contributed by atoms with Gasteiger partial charge in [0.1, 0.15) is 12.4 Å². The van der Waals surface area contributed by atoms with Gasteiger partial charge in [-0.1, -0.05) is 31.2 Å². The quantitative estimate of drug-likeness (QED) is 0.699. The molecule has 27 heavy (non-hydrogen) atoms. The molecule has 3 unspecified atom stereocenters. The van der Waals surface area contributed by atoms with E-state index in [0.29, 0.717) is 0 Å². The SMILES string of the molecule is CCC(C)NC(=O)C(C)NC(=O)NC(C)c1ccc(-c2cncnc2)cc1. The summed E-state index contributed by atoms with van der Waals surface area (Å²) in [5, 5.41) is 8.37. The maximum atomic E-state index is 12.2. The molecule has 0 fully saturated rings.